The predicted molar refractivity (Wildman–Crippen MR) is 86.0 cm³/mol. The largest absolute Gasteiger partial charge is 0.376 e. The fourth-order valence-electron chi connectivity index (χ4n) is 2.73. The summed E-state index contributed by atoms with van der Waals surface area (Å²) in [5.74, 6) is 0.0302. The molecule has 1 aliphatic heterocycles. The number of anilines is 1. The molecule has 5 heteroatoms. The zero-order valence-corrected chi connectivity index (χ0v) is 13.3. The maximum atomic E-state index is 12.0. The first-order chi connectivity index (χ1) is 10.2. The first-order valence-corrected chi connectivity index (χ1v) is 8.29. The number of amides is 1. The molecule has 0 aliphatic carbocycles. The molecule has 1 saturated heterocycles. The van der Waals surface area contributed by atoms with Gasteiger partial charge in [0.2, 0.25) is 5.91 Å². The van der Waals surface area contributed by atoms with E-state index >= 15 is 0 Å². The summed E-state index contributed by atoms with van der Waals surface area (Å²) in [6, 6.07) is 6.23. The van der Waals surface area contributed by atoms with Crippen molar-refractivity contribution in [2.45, 2.75) is 39.2 Å². The van der Waals surface area contributed by atoms with Crippen molar-refractivity contribution in [1.29, 1.82) is 0 Å². The Morgan fingerprint density at radius 2 is 2.38 bits per heavy atom. The Balaban J connectivity index is 1.93. The predicted octanol–water partition coefficient (Wildman–Crippen LogP) is 3.39. The van der Waals surface area contributed by atoms with Gasteiger partial charge in [-0.3, -0.25) is 9.69 Å². The Labute approximate surface area is 128 Å². The quantitative estimate of drug-likeness (QED) is 0.869. The maximum Gasteiger partial charge on any atom is 0.225 e. The van der Waals surface area contributed by atoms with E-state index in [1.807, 2.05) is 0 Å². The first-order valence-electron chi connectivity index (χ1n) is 7.47. The number of carbonyl (C=O) groups excluding carboxylic acids is 1. The number of aromatic nitrogens is 1. The summed E-state index contributed by atoms with van der Waals surface area (Å²) < 4.78 is 6.80. The Morgan fingerprint density at radius 3 is 3.05 bits per heavy atom. The highest BCUT2D eigenvalue weighted by atomic mass is 32.1. The molecule has 1 amide bonds. The van der Waals surface area contributed by atoms with E-state index in [9.17, 15) is 4.79 Å². The number of hydrogen-bond acceptors (Lipinski definition) is 4. The van der Waals surface area contributed by atoms with Crippen LogP contribution in [-0.2, 0) is 16.0 Å². The number of benzene rings is 1. The van der Waals surface area contributed by atoms with Gasteiger partial charge in [-0.1, -0.05) is 30.4 Å². The van der Waals surface area contributed by atoms with Gasteiger partial charge in [-0.05, 0) is 30.9 Å². The molecule has 0 spiro atoms. The molecular weight excluding hydrogens is 284 g/mol. The van der Waals surface area contributed by atoms with Gasteiger partial charge in [-0.15, -0.1) is 0 Å². The summed E-state index contributed by atoms with van der Waals surface area (Å²) >= 11 is 1.59. The van der Waals surface area contributed by atoms with Crippen LogP contribution in [0.25, 0.3) is 10.2 Å². The van der Waals surface area contributed by atoms with E-state index in [0.29, 0.717) is 6.54 Å². The van der Waals surface area contributed by atoms with Crippen molar-refractivity contribution in [3.8, 4) is 0 Å². The van der Waals surface area contributed by atoms with Gasteiger partial charge < -0.3 is 4.74 Å². The van der Waals surface area contributed by atoms with E-state index < -0.39 is 0 Å². The van der Waals surface area contributed by atoms with E-state index in [1.165, 1.54) is 5.56 Å². The Hall–Kier alpha value is -1.46. The summed E-state index contributed by atoms with van der Waals surface area (Å²) in [5, 5.41) is 0.786. The molecule has 2 heterocycles. The van der Waals surface area contributed by atoms with Crippen LogP contribution in [0.4, 0.5) is 5.13 Å². The number of rotatable bonds is 4. The number of ether oxygens (including phenoxy) is 1. The van der Waals surface area contributed by atoms with Crippen LogP contribution in [0.5, 0.6) is 0 Å². The monoisotopic (exact) mass is 304 g/mol. The second-order valence-electron chi connectivity index (χ2n) is 5.38. The fourth-order valence-corrected chi connectivity index (χ4v) is 3.79. The van der Waals surface area contributed by atoms with Crippen molar-refractivity contribution >= 4 is 32.6 Å². The van der Waals surface area contributed by atoms with Gasteiger partial charge in [0.25, 0.3) is 0 Å². The topological polar surface area (TPSA) is 42.4 Å². The Bertz CT molecular complexity index is 647. The maximum absolute atomic E-state index is 12.0. The molecule has 2 aromatic rings. The zero-order valence-electron chi connectivity index (χ0n) is 12.5. The number of aryl methyl sites for hydroxylation is 1. The van der Waals surface area contributed by atoms with Crippen molar-refractivity contribution < 1.29 is 9.53 Å². The minimum absolute atomic E-state index is 0.0302. The molecule has 3 rings (SSSR count). The van der Waals surface area contributed by atoms with Crippen LogP contribution in [-0.4, -0.2) is 30.1 Å². The molecule has 0 saturated carbocycles. The highest BCUT2D eigenvalue weighted by molar-refractivity contribution is 7.22. The number of para-hydroxylation sites is 1. The van der Waals surface area contributed by atoms with E-state index in [0.717, 1.165) is 41.2 Å². The van der Waals surface area contributed by atoms with Crippen molar-refractivity contribution in [2.24, 2.45) is 0 Å². The highest BCUT2D eigenvalue weighted by Gasteiger charge is 2.24. The van der Waals surface area contributed by atoms with E-state index in [-0.39, 0.29) is 12.0 Å². The lowest BCUT2D eigenvalue weighted by atomic mass is 10.1. The number of nitrogens with zero attached hydrogens (tertiary/aromatic N) is 2. The third kappa shape index (κ3) is 2.94. The second-order valence-corrected chi connectivity index (χ2v) is 6.39. The number of thiazole rings is 1. The van der Waals surface area contributed by atoms with Crippen LogP contribution in [0.2, 0.25) is 0 Å². The molecule has 4 nitrogen and oxygen atoms in total. The van der Waals surface area contributed by atoms with Crippen LogP contribution in [0.15, 0.2) is 18.2 Å². The summed E-state index contributed by atoms with van der Waals surface area (Å²) in [6.07, 6.45) is 3.20. The highest BCUT2D eigenvalue weighted by Crippen LogP contribution is 2.31. The normalized spacial score (nSPS) is 18.3. The van der Waals surface area contributed by atoms with Gasteiger partial charge in [0.1, 0.15) is 0 Å². The molecular formula is C16H20N2O2S. The van der Waals surface area contributed by atoms with E-state index in [2.05, 4.69) is 25.1 Å². The average molecular weight is 304 g/mol. The van der Waals surface area contributed by atoms with Crippen molar-refractivity contribution in [3.63, 3.8) is 0 Å². The van der Waals surface area contributed by atoms with Crippen LogP contribution in [0.3, 0.4) is 0 Å². The third-order valence-corrected chi connectivity index (χ3v) is 4.94. The minimum Gasteiger partial charge on any atom is -0.376 e. The lowest BCUT2D eigenvalue weighted by Gasteiger charge is -2.21. The number of hydrogen-bond donors (Lipinski definition) is 0. The molecule has 0 N–H and O–H groups in total. The van der Waals surface area contributed by atoms with E-state index in [1.54, 1.807) is 23.2 Å². The van der Waals surface area contributed by atoms with Gasteiger partial charge in [-0.2, -0.15) is 0 Å². The van der Waals surface area contributed by atoms with Gasteiger partial charge >= 0.3 is 0 Å². The van der Waals surface area contributed by atoms with Crippen molar-refractivity contribution in [3.05, 3.63) is 23.8 Å². The third-order valence-electron chi connectivity index (χ3n) is 3.89. The van der Waals surface area contributed by atoms with Crippen LogP contribution in [0.1, 0.15) is 32.3 Å². The van der Waals surface area contributed by atoms with Crippen LogP contribution < -0.4 is 4.90 Å². The molecule has 1 atom stereocenters. The second kappa shape index (κ2) is 6.12. The first kappa shape index (κ1) is 14.5. The average Bonchev–Trinajstić information content (AvgIpc) is 3.12. The van der Waals surface area contributed by atoms with Gasteiger partial charge in [-0.25, -0.2) is 4.98 Å². The summed E-state index contributed by atoms with van der Waals surface area (Å²) in [6.45, 7) is 5.14. The minimum atomic E-state index is 0.0302. The van der Waals surface area contributed by atoms with Crippen molar-refractivity contribution in [2.75, 3.05) is 18.1 Å². The lowest BCUT2D eigenvalue weighted by molar-refractivity contribution is -0.116. The van der Waals surface area contributed by atoms with Gasteiger partial charge in [0.15, 0.2) is 5.13 Å². The molecule has 1 fully saturated rings. The van der Waals surface area contributed by atoms with Crippen LogP contribution in [0, 0.1) is 0 Å². The Morgan fingerprint density at radius 1 is 1.52 bits per heavy atom. The summed E-state index contributed by atoms with van der Waals surface area (Å²) in [7, 11) is 0. The fraction of sp³-hybridized carbons (Fsp3) is 0.500. The smallest absolute Gasteiger partial charge is 0.225 e. The molecule has 0 radical (unpaired) electrons. The molecule has 0 bridgehead atoms. The summed E-state index contributed by atoms with van der Waals surface area (Å²) in [4.78, 5) is 18.5. The Kier molecular flexibility index (Phi) is 4.22. The zero-order chi connectivity index (χ0) is 14.8. The van der Waals surface area contributed by atoms with E-state index in [4.69, 9.17) is 9.72 Å². The standard InChI is InChI=1S/C16H20N2O2S/c1-3-12-6-4-8-14-15(12)17-16(21-14)18(11(2)19)10-13-7-5-9-20-13/h4,6,8,13H,3,5,7,9-10H2,1-2H3. The number of fused-ring (bicyclic) bond motifs is 1. The van der Waals surface area contributed by atoms with Gasteiger partial charge in [0, 0.05) is 13.5 Å². The van der Waals surface area contributed by atoms with Gasteiger partial charge in [0.05, 0.1) is 22.9 Å². The molecule has 21 heavy (non-hydrogen) atoms. The summed E-state index contributed by atoms with van der Waals surface area (Å²) in [5.41, 5.74) is 2.26. The molecule has 1 aromatic carbocycles. The van der Waals surface area contributed by atoms with Crippen molar-refractivity contribution in [1.82, 2.24) is 4.98 Å². The lowest BCUT2D eigenvalue weighted by Crippen LogP contribution is -2.35. The molecule has 112 valence electrons. The SMILES string of the molecule is CCc1cccc2sc(N(CC3CCCO3)C(C)=O)nc12. The molecule has 1 aromatic heterocycles. The number of carbonyl (C=O) groups is 1. The van der Waals surface area contributed by atoms with Crippen LogP contribution >= 0.6 is 11.3 Å². The molecule has 1 aliphatic rings. The molecule has 1 unspecified atom stereocenters.